The number of thioether (sulfide) groups is 1. The average Bonchev–Trinajstić information content (AvgIpc) is 2.84. The Morgan fingerprint density at radius 2 is 1.85 bits per heavy atom. The molecule has 7 heteroatoms. The van der Waals surface area contributed by atoms with Gasteiger partial charge in [-0.15, -0.1) is 0 Å². The Kier molecular flexibility index (Phi) is 7.10. The molecule has 0 atom stereocenters. The van der Waals surface area contributed by atoms with Gasteiger partial charge in [-0.2, -0.15) is 4.98 Å². The number of anilines is 1. The summed E-state index contributed by atoms with van der Waals surface area (Å²) in [6, 6.07) is 20.4. The van der Waals surface area contributed by atoms with Crippen LogP contribution < -0.4 is 14.8 Å². The van der Waals surface area contributed by atoms with Crippen LogP contribution >= 0.6 is 11.8 Å². The molecule has 4 rings (SSSR count). The number of fused-ring (bicyclic) bond motifs is 1. The summed E-state index contributed by atoms with van der Waals surface area (Å²) in [5, 5.41) is 5.40. The molecule has 0 bridgehead atoms. The fourth-order valence-electron chi connectivity index (χ4n) is 3.25. The number of ether oxygens (including phenoxy) is 2. The Labute approximate surface area is 197 Å². The van der Waals surface area contributed by atoms with E-state index >= 15 is 0 Å². The lowest BCUT2D eigenvalue weighted by Gasteiger charge is -2.14. The molecule has 0 fully saturated rings. The van der Waals surface area contributed by atoms with Crippen LogP contribution in [0, 0.1) is 5.92 Å². The second-order valence-electron chi connectivity index (χ2n) is 7.83. The Bertz CT molecular complexity index is 1280. The van der Waals surface area contributed by atoms with Crippen molar-refractivity contribution in [1.29, 1.82) is 0 Å². The van der Waals surface area contributed by atoms with Crippen molar-refractivity contribution in [3.63, 3.8) is 0 Å². The van der Waals surface area contributed by atoms with Gasteiger partial charge in [0.05, 0.1) is 6.61 Å². The Hall–Kier alpha value is -3.58. The first kappa shape index (κ1) is 22.6. The fourth-order valence-corrected chi connectivity index (χ4v) is 3.59. The topological polar surface area (TPSA) is 73.3 Å². The third-order valence-corrected chi connectivity index (χ3v) is 5.38. The molecule has 33 heavy (non-hydrogen) atoms. The van der Waals surface area contributed by atoms with Gasteiger partial charge < -0.3 is 14.8 Å². The van der Waals surface area contributed by atoms with Crippen LogP contribution in [0.1, 0.15) is 24.2 Å². The van der Waals surface area contributed by atoms with Crippen LogP contribution in [-0.4, -0.2) is 28.7 Å². The van der Waals surface area contributed by atoms with Gasteiger partial charge in [0.2, 0.25) is 5.88 Å². The van der Waals surface area contributed by atoms with Gasteiger partial charge in [0.15, 0.2) is 5.16 Å². The molecule has 6 nitrogen and oxygen atoms in total. The van der Waals surface area contributed by atoms with E-state index in [1.807, 2.05) is 54.8 Å². The van der Waals surface area contributed by atoms with Crippen molar-refractivity contribution in [2.75, 3.05) is 18.2 Å². The summed E-state index contributed by atoms with van der Waals surface area (Å²) in [7, 11) is 0. The highest BCUT2D eigenvalue weighted by atomic mass is 32.2. The first-order valence-corrected chi connectivity index (χ1v) is 11.9. The summed E-state index contributed by atoms with van der Waals surface area (Å²) in [6.45, 7) is 4.77. The summed E-state index contributed by atoms with van der Waals surface area (Å²) in [5.41, 5.74) is 1.23. The summed E-state index contributed by atoms with van der Waals surface area (Å²) >= 11 is 1.45. The number of amides is 1. The van der Waals surface area contributed by atoms with Crippen molar-refractivity contribution in [1.82, 2.24) is 9.97 Å². The zero-order valence-electron chi connectivity index (χ0n) is 18.7. The molecule has 168 valence electrons. The molecule has 1 amide bonds. The minimum Gasteiger partial charge on any atom is -0.493 e. The molecule has 0 radical (unpaired) electrons. The molecule has 0 aliphatic rings. The third kappa shape index (κ3) is 5.62. The molecule has 0 saturated carbocycles. The number of nitrogens with one attached hydrogen (secondary N) is 1. The molecular weight excluding hydrogens is 434 g/mol. The van der Waals surface area contributed by atoms with Gasteiger partial charge in [-0.25, -0.2) is 4.98 Å². The number of rotatable bonds is 8. The van der Waals surface area contributed by atoms with Crippen molar-refractivity contribution in [2.24, 2.45) is 5.92 Å². The maximum absolute atomic E-state index is 13.0. The minimum absolute atomic E-state index is 0.204. The van der Waals surface area contributed by atoms with Gasteiger partial charge in [0.25, 0.3) is 5.91 Å². The van der Waals surface area contributed by atoms with Crippen molar-refractivity contribution < 1.29 is 14.3 Å². The highest BCUT2D eigenvalue weighted by Gasteiger charge is 2.13. The predicted octanol–water partition coefficient (Wildman–Crippen LogP) is 6.43. The van der Waals surface area contributed by atoms with Crippen LogP contribution in [0.5, 0.6) is 17.4 Å². The van der Waals surface area contributed by atoms with Crippen LogP contribution in [-0.2, 0) is 0 Å². The van der Waals surface area contributed by atoms with E-state index in [0.717, 1.165) is 10.8 Å². The van der Waals surface area contributed by atoms with Gasteiger partial charge in [-0.1, -0.05) is 55.9 Å². The lowest BCUT2D eigenvalue weighted by atomic mass is 10.1. The molecule has 0 aliphatic heterocycles. The average molecular weight is 460 g/mol. The van der Waals surface area contributed by atoms with Crippen molar-refractivity contribution in [2.45, 2.75) is 19.0 Å². The van der Waals surface area contributed by atoms with E-state index < -0.39 is 0 Å². The van der Waals surface area contributed by atoms with Gasteiger partial charge >= 0.3 is 0 Å². The molecule has 0 aliphatic carbocycles. The van der Waals surface area contributed by atoms with E-state index in [9.17, 15) is 4.79 Å². The number of carbonyl (C=O) groups is 1. The maximum atomic E-state index is 13.0. The van der Waals surface area contributed by atoms with E-state index in [1.165, 1.54) is 11.8 Å². The molecule has 1 N–H and O–H groups in total. The molecule has 0 unspecified atom stereocenters. The molecular formula is C26H25N3O3S. The van der Waals surface area contributed by atoms with Gasteiger partial charge in [0, 0.05) is 34.3 Å². The summed E-state index contributed by atoms with van der Waals surface area (Å²) < 4.78 is 11.8. The molecule has 0 spiro atoms. The fraction of sp³-hybridized carbons (Fsp3) is 0.192. The SMILES string of the molecule is CSc1nccc(Oc2ccc(NC(=O)c3cccc(OCC(C)C)c3)c3ccccc23)n1. The Balaban J connectivity index is 1.58. The monoisotopic (exact) mass is 459 g/mol. The molecule has 0 saturated heterocycles. The third-order valence-electron chi connectivity index (χ3n) is 4.82. The van der Waals surface area contributed by atoms with Gasteiger partial charge in [-0.3, -0.25) is 4.79 Å². The van der Waals surface area contributed by atoms with Crippen LogP contribution in [0.25, 0.3) is 10.8 Å². The number of nitrogens with zero attached hydrogens (tertiary/aromatic N) is 2. The lowest BCUT2D eigenvalue weighted by molar-refractivity contribution is 0.102. The number of benzene rings is 3. The highest BCUT2D eigenvalue weighted by molar-refractivity contribution is 7.98. The second-order valence-corrected chi connectivity index (χ2v) is 8.60. The van der Waals surface area contributed by atoms with Crippen molar-refractivity contribution in [3.05, 3.63) is 78.5 Å². The molecule has 4 aromatic rings. The Morgan fingerprint density at radius 1 is 1.03 bits per heavy atom. The predicted molar refractivity (Wildman–Crippen MR) is 133 cm³/mol. The Morgan fingerprint density at radius 3 is 2.64 bits per heavy atom. The minimum atomic E-state index is -0.204. The van der Waals surface area contributed by atoms with Crippen molar-refractivity contribution >= 4 is 34.1 Å². The lowest BCUT2D eigenvalue weighted by Crippen LogP contribution is -2.13. The van der Waals surface area contributed by atoms with E-state index in [0.29, 0.717) is 46.3 Å². The first-order chi connectivity index (χ1) is 16.0. The molecule has 1 heterocycles. The van der Waals surface area contributed by atoms with Crippen LogP contribution in [0.4, 0.5) is 5.69 Å². The number of aromatic nitrogens is 2. The van der Waals surface area contributed by atoms with E-state index in [4.69, 9.17) is 9.47 Å². The number of hydrogen-bond acceptors (Lipinski definition) is 6. The number of carbonyl (C=O) groups excluding carboxylic acids is 1. The van der Waals surface area contributed by atoms with Gasteiger partial charge in [0.1, 0.15) is 11.5 Å². The van der Waals surface area contributed by atoms with Gasteiger partial charge in [-0.05, 0) is 42.5 Å². The van der Waals surface area contributed by atoms with Crippen LogP contribution in [0.2, 0.25) is 0 Å². The first-order valence-electron chi connectivity index (χ1n) is 10.6. The zero-order chi connectivity index (χ0) is 23.2. The molecule has 3 aromatic carbocycles. The molecule has 1 aromatic heterocycles. The normalized spacial score (nSPS) is 10.9. The quantitative estimate of drug-likeness (QED) is 0.242. The second kappa shape index (κ2) is 10.4. The highest BCUT2D eigenvalue weighted by Crippen LogP contribution is 2.34. The number of hydrogen-bond donors (Lipinski definition) is 1. The summed E-state index contributed by atoms with van der Waals surface area (Å²) in [6.07, 6.45) is 3.59. The maximum Gasteiger partial charge on any atom is 0.255 e. The largest absolute Gasteiger partial charge is 0.493 e. The van der Waals surface area contributed by atoms with E-state index in [-0.39, 0.29) is 5.91 Å². The summed E-state index contributed by atoms with van der Waals surface area (Å²) in [4.78, 5) is 21.5. The van der Waals surface area contributed by atoms with Crippen molar-refractivity contribution in [3.8, 4) is 17.4 Å². The standard InChI is InChI=1S/C26H25N3O3S/c1-17(2)16-31-19-8-6-7-18(15-19)25(30)28-22-11-12-23(21-10-5-4-9-20(21)22)32-24-13-14-27-26(29-24)33-3/h4-15,17H,16H2,1-3H3,(H,28,30). The van der Waals surface area contributed by atoms with Crippen LogP contribution in [0.15, 0.2) is 78.1 Å². The van der Waals surface area contributed by atoms with E-state index in [2.05, 4.69) is 29.1 Å². The van der Waals surface area contributed by atoms with Crippen LogP contribution in [0.3, 0.4) is 0 Å². The summed E-state index contributed by atoms with van der Waals surface area (Å²) in [5.74, 6) is 2.00. The zero-order valence-corrected chi connectivity index (χ0v) is 19.6. The van der Waals surface area contributed by atoms with E-state index in [1.54, 1.807) is 24.4 Å². The smallest absolute Gasteiger partial charge is 0.255 e.